The van der Waals surface area contributed by atoms with Crippen molar-refractivity contribution in [3.8, 4) is 0 Å². The standard InChI is InChI=1S/C16H21N3O4/c20-14(18-16(23)17-13-4-2-1-3-5-13)8-11-19-9-6-12(7-10-19)15(21)22/h1-5,12H,6-11H2,(H,21,22)(H2,17,18,20,23). The van der Waals surface area contributed by atoms with Crippen LogP contribution in [0, 0.1) is 5.92 Å². The first-order chi connectivity index (χ1) is 11.0. The van der Waals surface area contributed by atoms with Crippen LogP contribution in [-0.4, -0.2) is 47.5 Å². The quantitative estimate of drug-likeness (QED) is 0.764. The van der Waals surface area contributed by atoms with Crippen LogP contribution in [0.25, 0.3) is 0 Å². The van der Waals surface area contributed by atoms with Gasteiger partial charge >= 0.3 is 12.0 Å². The number of hydrogen-bond donors (Lipinski definition) is 3. The Kier molecular flexibility index (Phi) is 6.10. The molecule has 23 heavy (non-hydrogen) atoms. The zero-order valence-corrected chi connectivity index (χ0v) is 12.8. The lowest BCUT2D eigenvalue weighted by atomic mass is 9.97. The lowest BCUT2D eigenvalue weighted by Gasteiger charge is -2.29. The van der Waals surface area contributed by atoms with Crippen molar-refractivity contribution >= 4 is 23.6 Å². The highest BCUT2D eigenvalue weighted by Gasteiger charge is 2.24. The predicted octanol–water partition coefficient (Wildman–Crippen LogP) is 1.52. The monoisotopic (exact) mass is 319 g/mol. The Morgan fingerprint density at radius 2 is 1.78 bits per heavy atom. The molecule has 0 aliphatic carbocycles. The zero-order chi connectivity index (χ0) is 16.7. The van der Waals surface area contributed by atoms with Crippen LogP contribution in [0.2, 0.25) is 0 Å². The number of carboxylic acid groups (broad SMARTS) is 1. The number of nitrogens with zero attached hydrogens (tertiary/aromatic N) is 1. The number of carboxylic acids is 1. The molecular formula is C16H21N3O4. The molecule has 0 bridgehead atoms. The minimum absolute atomic E-state index is 0.208. The predicted molar refractivity (Wildman–Crippen MR) is 85.0 cm³/mol. The van der Waals surface area contributed by atoms with Gasteiger partial charge in [-0.2, -0.15) is 0 Å². The topological polar surface area (TPSA) is 98.7 Å². The summed E-state index contributed by atoms with van der Waals surface area (Å²) in [5.74, 6) is -1.38. The van der Waals surface area contributed by atoms with Crippen molar-refractivity contribution in [2.45, 2.75) is 19.3 Å². The van der Waals surface area contributed by atoms with E-state index in [1.54, 1.807) is 24.3 Å². The summed E-state index contributed by atoms with van der Waals surface area (Å²) in [6.45, 7) is 1.86. The third kappa shape index (κ3) is 5.71. The Morgan fingerprint density at radius 1 is 1.13 bits per heavy atom. The van der Waals surface area contributed by atoms with Gasteiger partial charge in [0, 0.05) is 18.7 Å². The van der Waals surface area contributed by atoms with Crippen molar-refractivity contribution in [1.82, 2.24) is 10.2 Å². The van der Waals surface area contributed by atoms with E-state index in [1.807, 2.05) is 11.0 Å². The second-order valence-electron chi connectivity index (χ2n) is 5.57. The van der Waals surface area contributed by atoms with E-state index in [0.717, 1.165) is 0 Å². The number of imide groups is 1. The minimum atomic E-state index is -0.750. The average Bonchev–Trinajstić information content (AvgIpc) is 2.54. The maximum Gasteiger partial charge on any atom is 0.325 e. The highest BCUT2D eigenvalue weighted by atomic mass is 16.4. The number of piperidine rings is 1. The summed E-state index contributed by atoms with van der Waals surface area (Å²) in [6.07, 6.45) is 1.41. The Hall–Kier alpha value is -2.41. The molecule has 1 aliphatic rings. The normalized spacial score (nSPS) is 15.8. The Morgan fingerprint density at radius 3 is 2.39 bits per heavy atom. The molecule has 124 valence electrons. The second kappa shape index (κ2) is 8.28. The van der Waals surface area contributed by atoms with E-state index < -0.39 is 12.0 Å². The first-order valence-electron chi connectivity index (χ1n) is 7.65. The summed E-state index contributed by atoms with van der Waals surface area (Å²) < 4.78 is 0. The number of nitrogens with one attached hydrogen (secondary N) is 2. The second-order valence-corrected chi connectivity index (χ2v) is 5.57. The van der Waals surface area contributed by atoms with Gasteiger partial charge in [-0.1, -0.05) is 18.2 Å². The molecule has 2 rings (SSSR count). The van der Waals surface area contributed by atoms with E-state index in [4.69, 9.17) is 5.11 Å². The van der Waals surface area contributed by atoms with E-state index in [-0.39, 0.29) is 18.2 Å². The van der Waals surface area contributed by atoms with Crippen LogP contribution in [0.5, 0.6) is 0 Å². The van der Waals surface area contributed by atoms with Gasteiger partial charge in [-0.15, -0.1) is 0 Å². The maximum atomic E-state index is 11.8. The number of aliphatic carboxylic acids is 1. The molecule has 0 spiro atoms. The molecule has 1 aromatic carbocycles. The molecule has 1 saturated heterocycles. The average molecular weight is 319 g/mol. The van der Waals surface area contributed by atoms with Gasteiger partial charge in [0.25, 0.3) is 0 Å². The summed E-state index contributed by atoms with van der Waals surface area (Å²) in [4.78, 5) is 36.4. The fraction of sp³-hybridized carbons (Fsp3) is 0.438. The number of benzene rings is 1. The van der Waals surface area contributed by atoms with Gasteiger partial charge in [0.05, 0.1) is 5.92 Å². The molecule has 1 fully saturated rings. The summed E-state index contributed by atoms with van der Waals surface area (Å²) in [6, 6.07) is 8.33. The SMILES string of the molecule is O=C(CCN1CCC(C(=O)O)CC1)NC(=O)Nc1ccccc1. The van der Waals surface area contributed by atoms with E-state index in [1.165, 1.54) is 0 Å². The molecular weight excluding hydrogens is 298 g/mol. The van der Waals surface area contributed by atoms with E-state index in [0.29, 0.717) is 38.2 Å². The van der Waals surface area contributed by atoms with Crippen molar-refractivity contribution in [1.29, 1.82) is 0 Å². The highest BCUT2D eigenvalue weighted by Crippen LogP contribution is 2.17. The molecule has 1 heterocycles. The smallest absolute Gasteiger partial charge is 0.325 e. The molecule has 0 radical (unpaired) electrons. The van der Waals surface area contributed by atoms with Gasteiger partial charge in [0.1, 0.15) is 0 Å². The summed E-state index contributed by atoms with van der Waals surface area (Å²) >= 11 is 0. The van der Waals surface area contributed by atoms with Gasteiger partial charge < -0.3 is 15.3 Å². The lowest BCUT2D eigenvalue weighted by molar-refractivity contribution is -0.143. The van der Waals surface area contributed by atoms with Crippen LogP contribution in [-0.2, 0) is 9.59 Å². The van der Waals surface area contributed by atoms with Gasteiger partial charge in [-0.25, -0.2) is 4.79 Å². The van der Waals surface area contributed by atoms with Crippen molar-refractivity contribution in [3.63, 3.8) is 0 Å². The summed E-state index contributed by atoms with van der Waals surface area (Å²) in [5.41, 5.74) is 0.619. The van der Waals surface area contributed by atoms with E-state index >= 15 is 0 Å². The van der Waals surface area contributed by atoms with Crippen LogP contribution >= 0.6 is 0 Å². The molecule has 1 aromatic rings. The lowest BCUT2D eigenvalue weighted by Crippen LogP contribution is -2.40. The molecule has 3 N–H and O–H groups in total. The van der Waals surface area contributed by atoms with Crippen LogP contribution in [0.1, 0.15) is 19.3 Å². The first-order valence-corrected chi connectivity index (χ1v) is 7.65. The number of urea groups is 1. The van der Waals surface area contributed by atoms with Crippen LogP contribution < -0.4 is 10.6 Å². The van der Waals surface area contributed by atoms with Gasteiger partial charge in [0.15, 0.2) is 0 Å². The third-order valence-corrected chi connectivity index (χ3v) is 3.88. The van der Waals surface area contributed by atoms with Crippen molar-refractivity contribution in [2.24, 2.45) is 5.92 Å². The molecule has 1 aliphatic heterocycles. The van der Waals surface area contributed by atoms with Gasteiger partial charge in [-0.05, 0) is 38.1 Å². The number of carbonyl (C=O) groups excluding carboxylic acids is 2. The number of anilines is 1. The van der Waals surface area contributed by atoms with Crippen molar-refractivity contribution in [2.75, 3.05) is 25.0 Å². The molecule has 0 aromatic heterocycles. The number of likely N-dealkylation sites (tertiary alicyclic amines) is 1. The zero-order valence-electron chi connectivity index (χ0n) is 12.8. The largest absolute Gasteiger partial charge is 0.481 e. The van der Waals surface area contributed by atoms with Crippen molar-refractivity contribution in [3.05, 3.63) is 30.3 Å². The van der Waals surface area contributed by atoms with Crippen LogP contribution in [0.15, 0.2) is 30.3 Å². The molecule has 3 amide bonds. The Labute approximate surface area is 134 Å². The van der Waals surface area contributed by atoms with Gasteiger partial charge in [0.2, 0.25) is 5.91 Å². The van der Waals surface area contributed by atoms with Crippen molar-refractivity contribution < 1.29 is 19.5 Å². The van der Waals surface area contributed by atoms with Crippen LogP contribution in [0.3, 0.4) is 0 Å². The number of carbonyl (C=O) groups is 3. The number of amides is 3. The van der Waals surface area contributed by atoms with E-state index in [9.17, 15) is 14.4 Å². The molecule has 0 atom stereocenters. The Bertz CT molecular complexity index is 554. The number of hydrogen-bond acceptors (Lipinski definition) is 4. The van der Waals surface area contributed by atoms with Gasteiger partial charge in [-0.3, -0.25) is 14.9 Å². The summed E-state index contributed by atoms with van der Waals surface area (Å²) in [5, 5.41) is 13.8. The molecule has 7 nitrogen and oxygen atoms in total. The molecule has 7 heteroatoms. The first kappa shape index (κ1) is 17.0. The van der Waals surface area contributed by atoms with E-state index in [2.05, 4.69) is 10.6 Å². The Balaban J connectivity index is 1.65. The minimum Gasteiger partial charge on any atom is -0.481 e. The molecule has 0 unspecified atom stereocenters. The highest BCUT2D eigenvalue weighted by molar-refractivity contribution is 6.01. The molecule has 0 saturated carbocycles. The van der Waals surface area contributed by atoms with Crippen LogP contribution in [0.4, 0.5) is 10.5 Å². The fourth-order valence-electron chi connectivity index (χ4n) is 2.54. The fourth-order valence-corrected chi connectivity index (χ4v) is 2.54. The summed E-state index contributed by atoms with van der Waals surface area (Å²) in [7, 11) is 0. The third-order valence-electron chi connectivity index (χ3n) is 3.88. The maximum absolute atomic E-state index is 11.8. The number of rotatable bonds is 5. The number of para-hydroxylation sites is 1.